The third-order valence-electron chi connectivity index (χ3n) is 3.52. The van der Waals surface area contributed by atoms with E-state index in [2.05, 4.69) is 5.32 Å². The maximum atomic E-state index is 12.1. The number of ether oxygens (including phenoxy) is 2. The van der Waals surface area contributed by atoms with Gasteiger partial charge in [-0.3, -0.25) is 4.79 Å². The third kappa shape index (κ3) is 6.27. The Hall–Kier alpha value is -2.86. The van der Waals surface area contributed by atoms with Crippen LogP contribution in [0, 0.1) is 0 Å². The Morgan fingerprint density at radius 3 is 2.52 bits per heavy atom. The second kappa shape index (κ2) is 9.44. The molecular formula is C19H21NO5. The molecule has 0 aliphatic carbocycles. The van der Waals surface area contributed by atoms with Gasteiger partial charge in [-0.15, -0.1) is 0 Å². The summed E-state index contributed by atoms with van der Waals surface area (Å²) in [5.41, 5.74) is 1.82. The van der Waals surface area contributed by atoms with Crippen LogP contribution in [-0.4, -0.2) is 37.3 Å². The zero-order valence-corrected chi connectivity index (χ0v) is 14.0. The topological polar surface area (TPSA) is 84.9 Å². The lowest BCUT2D eigenvalue weighted by atomic mass is 10.1. The summed E-state index contributed by atoms with van der Waals surface area (Å²) in [6.45, 7) is 0.942. The van der Waals surface area contributed by atoms with Crippen LogP contribution >= 0.6 is 0 Å². The van der Waals surface area contributed by atoms with Crippen molar-refractivity contribution in [2.24, 2.45) is 0 Å². The normalized spacial score (nSPS) is 10.3. The first kappa shape index (κ1) is 18.5. The van der Waals surface area contributed by atoms with Gasteiger partial charge in [-0.2, -0.15) is 0 Å². The number of rotatable bonds is 9. The first-order valence-corrected chi connectivity index (χ1v) is 7.92. The lowest BCUT2D eigenvalue weighted by Crippen LogP contribution is -2.12. The van der Waals surface area contributed by atoms with Crippen LogP contribution in [0.1, 0.15) is 22.3 Å². The van der Waals surface area contributed by atoms with Gasteiger partial charge in [0.2, 0.25) is 5.91 Å². The molecule has 0 spiro atoms. The van der Waals surface area contributed by atoms with Crippen molar-refractivity contribution in [3.63, 3.8) is 0 Å². The number of hydrogen-bond acceptors (Lipinski definition) is 4. The number of methoxy groups -OCH3 is 1. The number of aromatic carboxylic acids is 1. The van der Waals surface area contributed by atoms with E-state index in [9.17, 15) is 9.59 Å². The molecule has 0 fully saturated rings. The Labute approximate surface area is 146 Å². The standard InChI is InChI=1S/C19H21NO5/c1-24-11-12-25-17-4-2-3-16(13-17)20-18(21)10-7-14-5-8-15(9-6-14)19(22)23/h2-6,8-9,13H,7,10-12H2,1H3,(H,20,21)(H,22,23). The number of benzene rings is 2. The number of carboxylic acid groups (broad SMARTS) is 1. The minimum absolute atomic E-state index is 0.114. The fourth-order valence-electron chi connectivity index (χ4n) is 2.20. The van der Waals surface area contributed by atoms with E-state index in [1.165, 1.54) is 12.1 Å². The van der Waals surface area contributed by atoms with Crippen LogP contribution in [0.4, 0.5) is 5.69 Å². The zero-order valence-electron chi connectivity index (χ0n) is 14.0. The van der Waals surface area contributed by atoms with Crippen LogP contribution in [0.25, 0.3) is 0 Å². The number of aryl methyl sites for hydroxylation is 1. The molecule has 0 saturated carbocycles. The number of carboxylic acids is 1. The maximum Gasteiger partial charge on any atom is 0.335 e. The number of nitrogens with one attached hydrogen (secondary N) is 1. The lowest BCUT2D eigenvalue weighted by molar-refractivity contribution is -0.116. The molecule has 0 aromatic heterocycles. The largest absolute Gasteiger partial charge is 0.491 e. The van der Waals surface area contributed by atoms with Crippen molar-refractivity contribution in [3.05, 3.63) is 59.7 Å². The highest BCUT2D eigenvalue weighted by atomic mass is 16.5. The molecule has 0 bridgehead atoms. The number of carbonyl (C=O) groups is 2. The summed E-state index contributed by atoms with van der Waals surface area (Å²) in [7, 11) is 1.61. The van der Waals surface area contributed by atoms with E-state index < -0.39 is 5.97 Å². The Bertz CT molecular complexity index is 712. The summed E-state index contributed by atoms with van der Waals surface area (Å²) >= 11 is 0. The molecule has 1 amide bonds. The summed E-state index contributed by atoms with van der Waals surface area (Å²) in [4.78, 5) is 22.9. The molecule has 132 valence electrons. The van der Waals surface area contributed by atoms with Gasteiger partial charge >= 0.3 is 5.97 Å². The average molecular weight is 343 g/mol. The van der Waals surface area contributed by atoms with Gasteiger partial charge < -0.3 is 19.9 Å². The first-order valence-electron chi connectivity index (χ1n) is 7.92. The van der Waals surface area contributed by atoms with E-state index in [-0.39, 0.29) is 11.5 Å². The van der Waals surface area contributed by atoms with Gasteiger partial charge in [-0.25, -0.2) is 4.79 Å². The Balaban J connectivity index is 1.83. The highest BCUT2D eigenvalue weighted by Crippen LogP contribution is 2.18. The van der Waals surface area contributed by atoms with Crippen molar-refractivity contribution in [2.45, 2.75) is 12.8 Å². The predicted molar refractivity (Wildman–Crippen MR) is 94.2 cm³/mol. The Morgan fingerprint density at radius 2 is 1.84 bits per heavy atom. The number of anilines is 1. The van der Waals surface area contributed by atoms with Crippen molar-refractivity contribution in [1.82, 2.24) is 0 Å². The minimum atomic E-state index is -0.961. The van der Waals surface area contributed by atoms with Crippen molar-refractivity contribution in [1.29, 1.82) is 0 Å². The molecule has 0 aliphatic rings. The van der Waals surface area contributed by atoms with Crippen molar-refractivity contribution in [3.8, 4) is 5.75 Å². The van der Waals surface area contributed by atoms with Crippen LogP contribution in [0.3, 0.4) is 0 Å². The second-order valence-electron chi connectivity index (χ2n) is 5.42. The fourth-order valence-corrected chi connectivity index (χ4v) is 2.20. The number of hydrogen-bond donors (Lipinski definition) is 2. The average Bonchev–Trinajstić information content (AvgIpc) is 2.61. The molecule has 2 N–H and O–H groups in total. The highest BCUT2D eigenvalue weighted by Gasteiger charge is 2.06. The molecular weight excluding hydrogens is 322 g/mol. The molecule has 2 aromatic carbocycles. The van der Waals surface area contributed by atoms with Gasteiger partial charge in [0.25, 0.3) is 0 Å². The summed E-state index contributed by atoms with van der Waals surface area (Å²) in [6, 6.07) is 13.7. The molecule has 0 saturated heterocycles. The lowest BCUT2D eigenvalue weighted by Gasteiger charge is -2.09. The summed E-state index contributed by atoms with van der Waals surface area (Å²) in [5.74, 6) is -0.410. The minimum Gasteiger partial charge on any atom is -0.491 e. The number of amides is 1. The van der Waals surface area contributed by atoms with Crippen LogP contribution in [0.5, 0.6) is 5.75 Å². The van der Waals surface area contributed by atoms with E-state index in [4.69, 9.17) is 14.6 Å². The second-order valence-corrected chi connectivity index (χ2v) is 5.42. The fraction of sp³-hybridized carbons (Fsp3) is 0.263. The smallest absolute Gasteiger partial charge is 0.335 e. The molecule has 0 unspecified atom stereocenters. The Kier molecular flexibility index (Phi) is 6.98. The first-order chi connectivity index (χ1) is 12.1. The predicted octanol–water partition coefficient (Wildman–Crippen LogP) is 2.98. The van der Waals surface area contributed by atoms with Crippen molar-refractivity contribution in [2.75, 3.05) is 25.6 Å². The van der Waals surface area contributed by atoms with Gasteiger partial charge in [0.15, 0.2) is 0 Å². The monoisotopic (exact) mass is 343 g/mol. The SMILES string of the molecule is COCCOc1cccc(NC(=O)CCc2ccc(C(=O)O)cc2)c1. The van der Waals surface area contributed by atoms with E-state index >= 15 is 0 Å². The molecule has 0 radical (unpaired) electrons. The van der Waals surface area contributed by atoms with Gasteiger partial charge in [-0.1, -0.05) is 18.2 Å². The molecule has 6 heteroatoms. The summed E-state index contributed by atoms with van der Waals surface area (Å²) < 4.78 is 10.4. The van der Waals surface area contributed by atoms with E-state index in [0.29, 0.717) is 37.5 Å². The molecule has 25 heavy (non-hydrogen) atoms. The van der Waals surface area contributed by atoms with Crippen LogP contribution in [-0.2, 0) is 16.0 Å². The van der Waals surface area contributed by atoms with Gasteiger partial charge in [0.1, 0.15) is 12.4 Å². The quantitative estimate of drug-likeness (QED) is 0.684. The molecule has 6 nitrogen and oxygen atoms in total. The summed E-state index contributed by atoms with van der Waals surface area (Å²) in [5, 5.41) is 11.7. The third-order valence-corrected chi connectivity index (χ3v) is 3.52. The van der Waals surface area contributed by atoms with E-state index in [1.54, 1.807) is 31.4 Å². The van der Waals surface area contributed by atoms with Gasteiger partial charge in [0, 0.05) is 25.3 Å². The molecule has 2 aromatic rings. The highest BCUT2D eigenvalue weighted by molar-refractivity contribution is 5.91. The van der Waals surface area contributed by atoms with Crippen molar-refractivity contribution < 1.29 is 24.2 Å². The maximum absolute atomic E-state index is 12.1. The Morgan fingerprint density at radius 1 is 1.08 bits per heavy atom. The van der Waals surface area contributed by atoms with E-state index in [1.807, 2.05) is 12.1 Å². The molecule has 2 rings (SSSR count). The zero-order chi connectivity index (χ0) is 18.1. The number of carbonyl (C=O) groups excluding carboxylic acids is 1. The molecule has 0 heterocycles. The van der Waals surface area contributed by atoms with Crippen LogP contribution < -0.4 is 10.1 Å². The van der Waals surface area contributed by atoms with Crippen LogP contribution in [0.15, 0.2) is 48.5 Å². The summed E-state index contributed by atoms with van der Waals surface area (Å²) in [6.07, 6.45) is 0.844. The van der Waals surface area contributed by atoms with Gasteiger partial charge in [0.05, 0.1) is 12.2 Å². The molecule has 0 atom stereocenters. The van der Waals surface area contributed by atoms with Crippen molar-refractivity contribution >= 4 is 17.6 Å². The van der Waals surface area contributed by atoms with Crippen LogP contribution in [0.2, 0.25) is 0 Å². The van der Waals surface area contributed by atoms with Gasteiger partial charge in [-0.05, 0) is 36.2 Å². The van der Waals surface area contributed by atoms with E-state index in [0.717, 1.165) is 5.56 Å². The molecule has 0 aliphatic heterocycles.